The van der Waals surface area contributed by atoms with E-state index in [1.165, 1.54) is 44.2 Å². The van der Waals surface area contributed by atoms with Crippen LogP contribution < -0.4 is 0 Å². The first-order chi connectivity index (χ1) is 9.55. The van der Waals surface area contributed by atoms with Crippen molar-refractivity contribution in [2.24, 2.45) is 17.8 Å². The molecule has 0 amide bonds. The molecule has 20 heavy (non-hydrogen) atoms. The van der Waals surface area contributed by atoms with Gasteiger partial charge < -0.3 is 0 Å². The van der Waals surface area contributed by atoms with Gasteiger partial charge >= 0.3 is 0 Å². The summed E-state index contributed by atoms with van der Waals surface area (Å²) in [6.45, 7) is 7.77. The number of rotatable bonds is 3. The summed E-state index contributed by atoms with van der Waals surface area (Å²) in [4.78, 5) is 4.58. The molecule has 4 atom stereocenters. The monoisotopic (exact) mass is 287 g/mol. The fourth-order valence-electron chi connectivity index (χ4n) is 4.97. The summed E-state index contributed by atoms with van der Waals surface area (Å²) in [7, 11) is -1.01. The topological polar surface area (TPSA) is 12.9 Å². The first-order valence-corrected chi connectivity index (χ1v) is 12.0. The van der Waals surface area contributed by atoms with E-state index in [0.717, 1.165) is 23.3 Å². The average molecular weight is 288 g/mol. The zero-order chi connectivity index (χ0) is 14.2. The highest BCUT2D eigenvalue weighted by atomic mass is 28.3. The molecule has 110 valence electrons. The van der Waals surface area contributed by atoms with Gasteiger partial charge in [0.2, 0.25) is 0 Å². The van der Waals surface area contributed by atoms with Crippen LogP contribution in [0.2, 0.25) is 25.2 Å². The largest absolute Gasteiger partial charge is 0.261 e. The second-order valence-corrected chi connectivity index (χ2v) is 13.6. The van der Waals surface area contributed by atoms with E-state index >= 15 is 0 Å². The average Bonchev–Trinajstić information content (AvgIpc) is 2.79. The van der Waals surface area contributed by atoms with Crippen molar-refractivity contribution in [1.29, 1.82) is 0 Å². The van der Waals surface area contributed by atoms with Crippen LogP contribution in [0.4, 0.5) is 0 Å². The Morgan fingerprint density at radius 3 is 2.50 bits per heavy atom. The molecule has 1 heterocycles. The van der Waals surface area contributed by atoms with Gasteiger partial charge in [0, 0.05) is 20.0 Å². The highest BCUT2D eigenvalue weighted by molar-refractivity contribution is 6.77. The highest BCUT2D eigenvalue weighted by Gasteiger charge is 2.48. The molecular weight excluding hydrogens is 258 g/mol. The number of pyridine rings is 1. The van der Waals surface area contributed by atoms with E-state index in [-0.39, 0.29) is 0 Å². The molecule has 0 aromatic carbocycles. The van der Waals surface area contributed by atoms with Crippen molar-refractivity contribution >= 4 is 8.07 Å². The summed E-state index contributed by atoms with van der Waals surface area (Å²) in [5, 5.41) is 0. The predicted molar refractivity (Wildman–Crippen MR) is 88.6 cm³/mol. The first-order valence-electron chi connectivity index (χ1n) is 8.45. The van der Waals surface area contributed by atoms with E-state index in [1.807, 2.05) is 12.3 Å². The molecule has 1 nitrogen and oxygen atoms in total. The third kappa shape index (κ3) is 2.85. The number of hydrogen-bond donors (Lipinski definition) is 0. The minimum Gasteiger partial charge on any atom is -0.261 e. The van der Waals surface area contributed by atoms with Gasteiger partial charge in [0.1, 0.15) is 0 Å². The summed E-state index contributed by atoms with van der Waals surface area (Å²) in [6.07, 6.45) is 10.6. The Balaban J connectivity index is 1.78. The van der Waals surface area contributed by atoms with E-state index in [9.17, 15) is 0 Å². The minimum atomic E-state index is -1.01. The molecule has 2 aliphatic rings. The Morgan fingerprint density at radius 1 is 1.10 bits per heavy atom. The van der Waals surface area contributed by atoms with Gasteiger partial charge in [-0.1, -0.05) is 45.0 Å². The van der Waals surface area contributed by atoms with E-state index in [2.05, 4.69) is 36.8 Å². The third-order valence-electron chi connectivity index (χ3n) is 5.86. The maximum atomic E-state index is 4.58. The number of fused-ring (bicyclic) bond motifs is 1. The molecule has 0 N–H and O–H groups in total. The molecule has 0 radical (unpaired) electrons. The smallest absolute Gasteiger partial charge is 0.0476 e. The number of nitrogens with zero attached hydrogens (tertiary/aromatic N) is 1. The first kappa shape index (κ1) is 14.3. The molecule has 0 spiro atoms. The van der Waals surface area contributed by atoms with E-state index in [1.54, 1.807) is 0 Å². The summed E-state index contributed by atoms with van der Waals surface area (Å²) in [5.74, 6) is 2.96. The fraction of sp³-hybridized carbons (Fsp3) is 0.722. The summed E-state index contributed by atoms with van der Waals surface area (Å²) in [5.41, 5.74) is 2.37. The fourth-order valence-corrected chi connectivity index (χ4v) is 7.68. The van der Waals surface area contributed by atoms with Crippen molar-refractivity contribution in [3.63, 3.8) is 0 Å². The van der Waals surface area contributed by atoms with Crippen molar-refractivity contribution in [1.82, 2.24) is 4.98 Å². The van der Waals surface area contributed by atoms with Crippen molar-refractivity contribution < 1.29 is 0 Å². The minimum absolute atomic E-state index is 0.909. The molecule has 0 saturated heterocycles. The maximum absolute atomic E-state index is 4.58. The standard InChI is InChI=1S/C18H29NSi/c1-20(2,3)18-13-14(12-15-8-6-7-11-19-15)16-9-4-5-10-17(16)18/h6-8,11,14,16-18H,4-5,9-10,12-13H2,1-3H3. The van der Waals surface area contributed by atoms with Gasteiger partial charge in [-0.2, -0.15) is 0 Å². The lowest BCUT2D eigenvalue weighted by Gasteiger charge is -2.36. The van der Waals surface area contributed by atoms with Crippen LogP contribution in [0.15, 0.2) is 24.4 Å². The van der Waals surface area contributed by atoms with Gasteiger partial charge in [-0.3, -0.25) is 4.98 Å². The molecule has 4 unspecified atom stereocenters. The van der Waals surface area contributed by atoms with Crippen LogP contribution >= 0.6 is 0 Å². The molecule has 0 aliphatic heterocycles. The molecule has 2 heteroatoms. The summed E-state index contributed by atoms with van der Waals surface area (Å²) < 4.78 is 0. The Morgan fingerprint density at radius 2 is 1.85 bits per heavy atom. The summed E-state index contributed by atoms with van der Waals surface area (Å²) >= 11 is 0. The van der Waals surface area contributed by atoms with Gasteiger partial charge in [0.15, 0.2) is 0 Å². The Kier molecular flexibility index (Phi) is 4.03. The van der Waals surface area contributed by atoms with Crippen LogP contribution in [-0.2, 0) is 6.42 Å². The van der Waals surface area contributed by atoms with Gasteiger partial charge in [-0.25, -0.2) is 0 Å². The molecule has 2 fully saturated rings. The van der Waals surface area contributed by atoms with Gasteiger partial charge in [0.05, 0.1) is 0 Å². The zero-order valence-electron chi connectivity index (χ0n) is 13.3. The van der Waals surface area contributed by atoms with Gasteiger partial charge in [-0.05, 0) is 54.7 Å². The van der Waals surface area contributed by atoms with E-state index in [0.29, 0.717) is 0 Å². The highest BCUT2D eigenvalue weighted by Crippen LogP contribution is 2.56. The maximum Gasteiger partial charge on any atom is 0.0476 e. The van der Waals surface area contributed by atoms with Crippen molar-refractivity contribution in [2.45, 2.75) is 63.7 Å². The summed E-state index contributed by atoms with van der Waals surface area (Å²) in [6, 6.07) is 6.40. The van der Waals surface area contributed by atoms with Gasteiger partial charge in [0.25, 0.3) is 0 Å². The predicted octanol–water partition coefficient (Wildman–Crippen LogP) is 5.16. The Labute approximate surface area is 125 Å². The van der Waals surface area contributed by atoms with Gasteiger partial charge in [-0.15, -0.1) is 0 Å². The van der Waals surface area contributed by atoms with Crippen LogP contribution in [0.5, 0.6) is 0 Å². The second-order valence-electron chi connectivity index (χ2n) is 8.11. The second kappa shape index (κ2) is 5.63. The van der Waals surface area contributed by atoms with Crippen LogP contribution in [0, 0.1) is 17.8 Å². The molecular formula is C18H29NSi. The quantitative estimate of drug-likeness (QED) is 0.700. The number of hydrogen-bond acceptors (Lipinski definition) is 1. The van der Waals surface area contributed by atoms with Crippen LogP contribution in [-0.4, -0.2) is 13.1 Å². The van der Waals surface area contributed by atoms with Crippen molar-refractivity contribution in [2.75, 3.05) is 0 Å². The van der Waals surface area contributed by atoms with E-state index < -0.39 is 8.07 Å². The molecule has 0 bridgehead atoms. The normalized spacial score (nSPS) is 34.0. The van der Waals surface area contributed by atoms with Crippen molar-refractivity contribution in [3.05, 3.63) is 30.1 Å². The lowest BCUT2D eigenvalue weighted by molar-refractivity contribution is 0.225. The molecule has 2 aliphatic carbocycles. The Bertz CT molecular complexity index is 436. The zero-order valence-corrected chi connectivity index (χ0v) is 14.3. The van der Waals surface area contributed by atoms with Crippen LogP contribution in [0.3, 0.4) is 0 Å². The van der Waals surface area contributed by atoms with Crippen molar-refractivity contribution in [3.8, 4) is 0 Å². The van der Waals surface area contributed by atoms with Crippen LogP contribution in [0.1, 0.15) is 37.8 Å². The SMILES string of the molecule is C[Si](C)(C)C1CC(Cc2ccccn2)C2CCCCC21. The lowest BCUT2D eigenvalue weighted by atomic mass is 9.77. The van der Waals surface area contributed by atoms with Crippen LogP contribution in [0.25, 0.3) is 0 Å². The molecule has 3 rings (SSSR count). The van der Waals surface area contributed by atoms with E-state index in [4.69, 9.17) is 0 Å². The third-order valence-corrected chi connectivity index (χ3v) is 8.75. The molecule has 2 saturated carbocycles. The Hall–Kier alpha value is -0.633. The number of aromatic nitrogens is 1. The molecule has 1 aromatic heterocycles. The molecule has 1 aromatic rings. The lowest BCUT2D eigenvalue weighted by Crippen LogP contribution is -2.33.